The number of benzene rings is 1. The molecule has 6 heteroatoms. The SMILES string of the molecule is CC(C)(C)c1nnc(CN2CCC[C@@H]2c2ccc3c(c2)OCCO3)o1. The normalized spacial score (nSPS) is 20.8. The van der Waals surface area contributed by atoms with Gasteiger partial charge in [0.1, 0.15) is 13.2 Å². The van der Waals surface area contributed by atoms with Gasteiger partial charge in [0.25, 0.3) is 0 Å². The fourth-order valence-electron chi connectivity index (χ4n) is 3.45. The van der Waals surface area contributed by atoms with Gasteiger partial charge >= 0.3 is 0 Å². The number of hydrogen-bond acceptors (Lipinski definition) is 6. The summed E-state index contributed by atoms with van der Waals surface area (Å²) in [6.07, 6.45) is 2.29. The second-order valence-corrected chi connectivity index (χ2v) is 7.78. The first kappa shape index (κ1) is 16.4. The first-order valence-corrected chi connectivity index (χ1v) is 8.97. The zero-order valence-electron chi connectivity index (χ0n) is 15.1. The van der Waals surface area contributed by atoms with E-state index in [-0.39, 0.29) is 5.41 Å². The van der Waals surface area contributed by atoms with Crippen LogP contribution in [-0.2, 0) is 12.0 Å². The van der Waals surface area contributed by atoms with E-state index >= 15 is 0 Å². The van der Waals surface area contributed by atoms with E-state index < -0.39 is 0 Å². The lowest BCUT2D eigenvalue weighted by Gasteiger charge is -2.25. The molecule has 1 aromatic heterocycles. The molecule has 0 spiro atoms. The second-order valence-electron chi connectivity index (χ2n) is 7.78. The maximum atomic E-state index is 5.88. The van der Waals surface area contributed by atoms with Gasteiger partial charge in [0.05, 0.1) is 6.54 Å². The van der Waals surface area contributed by atoms with Gasteiger partial charge < -0.3 is 13.9 Å². The molecular weight excluding hydrogens is 318 g/mol. The number of nitrogens with zero attached hydrogens (tertiary/aromatic N) is 3. The monoisotopic (exact) mass is 343 g/mol. The van der Waals surface area contributed by atoms with Crippen molar-refractivity contribution in [1.82, 2.24) is 15.1 Å². The lowest BCUT2D eigenvalue weighted by molar-refractivity contribution is 0.170. The van der Waals surface area contributed by atoms with E-state index in [2.05, 4.69) is 48.0 Å². The van der Waals surface area contributed by atoms with Gasteiger partial charge in [-0.3, -0.25) is 4.90 Å². The zero-order valence-corrected chi connectivity index (χ0v) is 15.1. The highest BCUT2D eigenvalue weighted by atomic mass is 16.6. The van der Waals surface area contributed by atoms with Crippen molar-refractivity contribution < 1.29 is 13.9 Å². The van der Waals surface area contributed by atoms with Gasteiger partial charge in [-0.15, -0.1) is 10.2 Å². The highest BCUT2D eigenvalue weighted by molar-refractivity contribution is 5.44. The largest absolute Gasteiger partial charge is 0.486 e. The van der Waals surface area contributed by atoms with Crippen LogP contribution in [-0.4, -0.2) is 34.9 Å². The summed E-state index contributed by atoms with van der Waals surface area (Å²) in [6, 6.07) is 6.63. The number of ether oxygens (including phenoxy) is 2. The van der Waals surface area contributed by atoms with Crippen LogP contribution in [0.4, 0.5) is 0 Å². The van der Waals surface area contributed by atoms with Gasteiger partial charge in [-0.25, -0.2) is 0 Å². The molecule has 4 rings (SSSR count). The van der Waals surface area contributed by atoms with Crippen molar-refractivity contribution in [3.05, 3.63) is 35.5 Å². The van der Waals surface area contributed by atoms with Crippen molar-refractivity contribution in [3.8, 4) is 11.5 Å². The molecule has 2 aliphatic heterocycles. The van der Waals surface area contributed by atoms with E-state index in [1.807, 2.05) is 6.07 Å². The van der Waals surface area contributed by atoms with Crippen LogP contribution in [0.15, 0.2) is 22.6 Å². The predicted octanol–water partition coefficient (Wildman–Crippen LogP) is 3.48. The Bertz CT molecular complexity index is 751. The number of hydrogen-bond donors (Lipinski definition) is 0. The maximum Gasteiger partial charge on any atom is 0.230 e. The molecule has 1 saturated heterocycles. The van der Waals surface area contributed by atoms with Crippen LogP contribution >= 0.6 is 0 Å². The van der Waals surface area contributed by atoms with Gasteiger partial charge in [-0.05, 0) is 37.1 Å². The van der Waals surface area contributed by atoms with Gasteiger partial charge in [0, 0.05) is 11.5 Å². The second kappa shape index (κ2) is 6.33. The van der Waals surface area contributed by atoms with Gasteiger partial charge in [0.2, 0.25) is 11.8 Å². The van der Waals surface area contributed by atoms with Crippen LogP contribution in [0, 0.1) is 0 Å². The van der Waals surface area contributed by atoms with E-state index in [1.54, 1.807) is 0 Å². The average molecular weight is 343 g/mol. The first-order chi connectivity index (χ1) is 12.0. The van der Waals surface area contributed by atoms with E-state index in [9.17, 15) is 0 Å². The molecule has 25 heavy (non-hydrogen) atoms. The lowest BCUT2D eigenvalue weighted by atomic mass is 9.97. The quantitative estimate of drug-likeness (QED) is 0.850. The zero-order chi connectivity index (χ0) is 17.4. The highest BCUT2D eigenvalue weighted by Crippen LogP contribution is 2.38. The van der Waals surface area contributed by atoms with Crippen LogP contribution in [0.3, 0.4) is 0 Å². The molecule has 3 heterocycles. The van der Waals surface area contributed by atoms with Crippen LogP contribution in [0.5, 0.6) is 11.5 Å². The molecule has 6 nitrogen and oxygen atoms in total. The minimum absolute atomic E-state index is 0.120. The average Bonchev–Trinajstić information content (AvgIpc) is 3.24. The Morgan fingerprint density at radius 2 is 1.92 bits per heavy atom. The molecule has 2 aromatic rings. The van der Waals surface area contributed by atoms with E-state index in [1.165, 1.54) is 12.0 Å². The summed E-state index contributed by atoms with van der Waals surface area (Å²) in [5.74, 6) is 3.07. The standard InChI is InChI=1S/C19H25N3O3/c1-19(2,3)18-21-20-17(25-18)12-22-8-4-5-14(22)13-6-7-15-16(11-13)24-10-9-23-15/h6-7,11,14H,4-5,8-10,12H2,1-3H3/t14-/m1/s1. The highest BCUT2D eigenvalue weighted by Gasteiger charge is 2.29. The van der Waals surface area contributed by atoms with Crippen LogP contribution in [0.1, 0.15) is 57.0 Å². The molecule has 0 aliphatic carbocycles. The maximum absolute atomic E-state index is 5.88. The summed E-state index contributed by atoms with van der Waals surface area (Å²) < 4.78 is 17.2. The summed E-state index contributed by atoms with van der Waals surface area (Å²) in [5, 5.41) is 8.45. The summed E-state index contributed by atoms with van der Waals surface area (Å²) in [5.41, 5.74) is 1.14. The molecule has 2 aliphatic rings. The number of aromatic nitrogens is 2. The molecule has 0 amide bonds. The van der Waals surface area contributed by atoms with Gasteiger partial charge in [-0.1, -0.05) is 26.8 Å². The molecule has 0 unspecified atom stereocenters. The van der Waals surface area contributed by atoms with E-state index in [4.69, 9.17) is 13.9 Å². The Kier molecular flexibility index (Phi) is 4.15. The minimum atomic E-state index is -0.120. The van der Waals surface area contributed by atoms with Crippen LogP contribution in [0.25, 0.3) is 0 Å². The van der Waals surface area contributed by atoms with E-state index in [0.717, 1.165) is 24.5 Å². The van der Waals surface area contributed by atoms with Gasteiger partial charge in [-0.2, -0.15) is 0 Å². The molecule has 0 radical (unpaired) electrons. The van der Waals surface area contributed by atoms with Crippen molar-refractivity contribution >= 4 is 0 Å². The lowest BCUT2D eigenvalue weighted by Crippen LogP contribution is -2.23. The first-order valence-electron chi connectivity index (χ1n) is 8.97. The fourth-order valence-corrected chi connectivity index (χ4v) is 3.45. The Labute approximate surface area is 148 Å². The fraction of sp³-hybridized carbons (Fsp3) is 0.579. The number of likely N-dealkylation sites (tertiary alicyclic amines) is 1. The molecule has 0 bridgehead atoms. The molecular formula is C19H25N3O3. The van der Waals surface area contributed by atoms with Crippen molar-refractivity contribution in [2.45, 2.75) is 51.6 Å². The molecule has 1 atom stereocenters. The van der Waals surface area contributed by atoms with Crippen molar-refractivity contribution in [2.75, 3.05) is 19.8 Å². The van der Waals surface area contributed by atoms with Gasteiger partial charge in [0.15, 0.2) is 11.5 Å². The summed E-state index contributed by atoms with van der Waals surface area (Å²) in [7, 11) is 0. The van der Waals surface area contributed by atoms with Crippen LogP contribution in [0.2, 0.25) is 0 Å². The number of rotatable bonds is 3. The molecule has 1 fully saturated rings. The molecule has 1 aromatic carbocycles. The Morgan fingerprint density at radius 1 is 1.12 bits per heavy atom. The topological polar surface area (TPSA) is 60.6 Å². The Hall–Kier alpha value is -2.08. The third-order valence-corrected chi connectivity index (χ3v) is 4.76. The Morgan fingerprint density at radius 3 is 2.68 bits per heavy atom. The van der Waals surface area contributed by atoms with Crippen molar-refractivity contribution in [2.24, 2.45) is 0 Å². The van der Waals surface area contributed by atoms with E-state index in [0.29, 0.717) is 37.6 Å². The Balaban J connectivity index is 1.52. The minimum Gasteiger partial charge on any atom is -0.486 e. The summed E-state index contributed by atoms with van der Waals surface area (Å²) in [6.45, 7) is 9.19. The third kappa shape index (κ3) is 3.35. The number of fused-ring (bicyclic) bond motifs is 1. The van der Waals surface area contributed by atoms with Crippen molar-refractivity contribution in [3.63, 3.8) is 0 Å². The molecule has 0 N–H and O–H groups in total. The van der Waals surface area contributed by atoms with Crippen molar-refractivity contribution in [1.29, 1.82) is 0 Å². The predicted molar refractivity (Wildman–Crippen MR) is 92.8 cm³/mol. The van der Waals surface area contributed by atoms with Crippen LogP contribution < -0.4 is 9.47 Å². The molecule has 0 saturated carbocycles. The summed E-state index contributed by atoms with van der Waals surface area (Å²) >= 11 is 0. The summed E-state index contributed by atoms with van der Waals surface area (Å²) in [4.78, 5) is 2.41. The third-order valence-electron chi connectivity index (χ3n) is 4.76. The molecule has 134 valence electrons. The smallest absolute Gasteiger partial charge is 0.230 e.